The molecule has 6 rings (SSSR count). The fourth-order valence-corrected chi connectivity index (χ4v) is 6.16. The van der Waals surface area contributed by atoms with Gasteiger partial charge in [0.15, 0.2) is 5.78 Å². The number of pyridine rings is 2. The highest BCUT2D eigenvalue weighted by Gasteiger charge is 2.46. The average Bonchev–Trinajstić information content (AvgIpc) is 3.42. The molecule has 2 unspecified atom stereocenters. The van der Waals surface area contributed by atoms with Gasteiger partial charge in [-0.1, -0.05) is 0 Å². The Labute approximate surface area is 222 Å². The van der Waals surface area contributed by atoms with Gasteiger partial charge in [0, 0.05) is 43.1 Å². The predicted octanol–water partition coefficient (Wildman–Crippen LogP) is 3.66. The lowest BCUT2D eigenvalue weighted by atomic mass is 10.0. The van der Waals surface area contributed by atoms with Crippen LogP contribution in [0.4, 0.5) is 26.2 Å². The van der Waals surface area contributed by atoms with E-state index in [2.05, 4.69) is 25.6 Å². The number of Topliss-reactive ketones (excluding diaryl/α,β-unsaturated/α-hetero) is 1. The van der Waals surface area contributed by atoms with E-state index < -0.39 is 23.3 Å². The minimum atomic E-state index is -3.10. The Bertz CT molecular complexity index is 1540. The molecule has 1 amide bonds. The summed E-state index contributed by atoms with van der Waals surface area (Å²) in [5, 5.41) is 6.82. The number of nitrogens with zero attached hydrogens (tertiary/aromatic N) is 5. The number of alkyl halides is 2. The van der Waals surface area contributed by atoms with Crippen LogP contribution in [0.3, 0.4) is 0 Å². The van der Waals surface area contributed by atoms with Crippen molar-refractivity contribution in [3.05, 3.63) is 46.0 Å². The first-order chi connectivity index (χ1) is 18.6. The summed E-state index contributed by atoms with van der Waals surface area (Å²) < 4.78 is 30.6. The molecule has 3 aromatic heterocycles. The Morgan fingerprint density at radius 3 is 2.62 bits per heavy atom. The number of aromatic nitrogens is 4. The fourth-order valence-electron chi connectivity index (χ4n) is 6.16. The van der Waals surface area contributed by atoms with Crippen LogP contribution in [0.15, 0.2) is 29.3 Å². The second-order valence-corrected chi connectivity index (χ2v) is 10.7. The first kappa shape index (κ1) is 25.5. The lowest BCUT2D eigenvalue weighted by Crippen LogP contribution is -2.37. The van der Waals surface area contributed by atoms with Gasteiger partial charge in [0.25, 0.3) is 11.5 Å². The van der Waals surface area contributed by atoms with Crippen LogP contribution in [0.1, 0.15) is 67.4 Å². The average molecular weight is 538 g/mol. The van der Waals surface area contributed by atoms with Gasteiger partial charge in [-0.2, -0.15) is 4.98 Å². The molecular weight excluding hydrogens is 508 g/mol. The van der Waals surface area contributed by atoms with Crippen molar-refractivity contribution >= 4 is 40.2 Å². The molecule has 10 nitrogen and oxygen atoms in total. The summed E-state index contributed by atoms with van der Waals surface area (Å²) in [6, 6.07) is 2.56. The normalized spacial score (nSPS) is 24.3. The van der Waals surface area contributed by atoms with Crippen LogP contribution in [0.25, 0.3) is 11.0 Å². The first-order valence-electron chi connectivity index (χ1n) is 13.2. The topological polar surface area (TPSA) is 122 Å². The lowest BCUT2D eigenvalue weighted by Gasteiger charge is -2.24. The first-order valence-corrected chi connectivity index (χ1v) is 13.2. The molecule has 39 heavy (non-hydrogen) atoms. The van der Waals surface area contributed by atoms with E-state index in [0.717, 1.165) is 17.4 Å². The molecule has 2 bridgehead atoms. The van der Waals surface area contributed by atoms with Crippen molar-refractivity contribution < 1.29 is 18.4 Å². The van der Waals surface area contributed by atoms with Crippen LogP contribution in [0, 0.1) is 6.92 Å². The zero-order valence-electron chi connectivity index (χ0n) is 21.7. The van der Waals surface area contributed by atoms with Gasteiger partial charge in [-0.05, 0) is 57.2 Å². The van der Waals surface area contributed by atoms with Crippen LogP contribution in [-0.4, -0.2) is 55.8 Å². The highest BCUT2D eigenvalue weighted by Crippen LogP contribution is 2.44. The van der Waals surface area contributed by atoms with Gasteiger partial charge in [0.2, 0.25) is 11.9 Å². The number of ketones is 1. The monoisotopic (exact) mass is 537 g/mol. The molecule has 0 spiro atoms. The van der Waals surface area contributed by atoms with Gasteiger partial charge in [-0.3, -0.25) is 19.0 Å². The molecule has 3 fully saturated rings. The number of fused-ring (bicyclic) bond motifs is 3. The Kier molecular flexibility index (Phi) is 6.17. The van der Waals surface area contributed by atoms with E-state index in [1.54, 1.807) is 30.2 Å². The van der Waals surface area contributed by atoms with Crippen molar-refractivity contribution in [1.82, 2.24) is 24.8 Å². The fraction of sp³-hybridized carbons (Fsp3) is 0.481. The van der Waals surface area contributed by atoms with Gasteiger partial charge in [0.1, 0.15) is 17.5 Å². The van der Waals surface area contributed by atoms with E-state index in [0.29, 0.717) is 35.4 Å². The van der Waals surface area contributed by atoms with E-state index in [4.69, 9.17) is 0 Å². The highest BCUT2D eigenvalue weighted by atomic mass is 19.3. The molecule has 3 atom stereocenters. The number of aryl methyl sites for hydroxylation is 1. The number of hydrogen-bond acceptors (Lipinski definition) is 8. The molecule has 3 aromatic rings. The van der Waals surface area contributed by atoms with Crippen molar-refractivity contribution in [3.8, 4) is 0 Å². The van der Waals surface area contributed by atoms with E-state index in [9.17, 15) is 23.2 Å². The quantitative estimate of drug-likeness (QED) is 0.473. The smallest absolute Gasteiger partial charge is 0.268 e. The SMILES string of the molecule is CC(=O)c1c(C)c2cnc(Nc3ccc(N4C[C@@H]5CCC(CC4=O)N5)cn3)nc2n(C2CCCC2(F)F)c1=O. The lowest BCUT2D eigenvalue weighted by molar-refractivity contribution is -0.118. The summed E-state index contributed by atoms with van der Waals surface area (Å²) in [5.74, 6) is -3.09. The third kappa shape index (κ3) is 4.46. The van der Waals surface area contributed by atoms with Crippen molar-refractivity contribution in [1.29, 1.82) is 0 Å². The van der Waals surface area contributed by atoms with Crippen molar-refractivity contribution in [3.63, 3.8) is 0 Å². The molecule has 2 N–H and O–H groups in total. The number of hydrogen-bond donors (Lipinski definition) is 2. The molecule has 0 aromatic carbocycles. The molecule has 1 aliphatic carbocycles. The summed E-state index contributed by atoms with van der Waals surface area (Å²) in [5.41, 5.74) is 0.194. The minimum Gasteiger partial charge on any atom is -0.309 e. The Morgan fingerprint density at radius 1 is 1.13 bits per heavy atom. The standard InChI is InChI=1S/C27H29F2N7O3/c1-14-19-12-31-26(34-24(19)36(25(39)23(14)15(2)37)20-4-3-9-27(20,28)29)33-21-8-7-18(11-30-21)35-13-17-6-5-16(32-17)10-22(35)38/h7-8,11-12,16-17,20,32H,3-6,9-10,13H2,1-2H3,(H,30,31,33,34)/t16?,17-,20?/m0/s1. The van der Waals surface area contributed by atoms with Crippen molar-refractivity contribution in [2.75, 3.05) is 16.8 Å². The number of amides is 1. The largest absolute Gasteiger partial charge is 0.309 e. The van der Waals surface area contributed by atoms with Gasteiger partial charge in [-0.25, -0.2) is 18.7 Å². The van der Waals surface area contributed by atoms with Crippen LogP contribution in [0.5, 0.6) is 0 Å². The molecule has 0 radical (unpaired) electrons. The van der Waals surface area contributed by atoms with Gasteiger partial charge in [-0.15, -0.1) is 0 Å². The maximum Gasteiger partial charge on any atom is 0.268 e. The maximum atomic E-state index is 14.8. The Balaban J connectivity index is 1.34. The molecule has 5 heterocycles. The zero-order chi connectivity index (χ0) is 27.5. The molecule has 2 saturated heterocycles. The number of nitrogens with one attached hydrogen (secondary N) is 2. The number of rotatable bonds is 5. The van der Waals surface area contributed by atoms with Gasteiger partial charge >= 0.3 is 0 Å². The van der Waals surface area contributed by atoms with Crippen LogP contribution in [0.2, 0.25) is 0 Å². The van der Waals surface area contributed by atoms with Crippen LogP contribution < -0.4 is 21.1 Å². The van der Waals surface area contributed by atoms with E-state index in [-0.39, 0.29) is 54.4 Å². The highest BCUT2D eigenvalue weighted by molar-refractivity contribution is 5.99. The third-order valence-corrected chi connectivity index (χ3v) is 8.11. The van der Waals surface area contributed by atoms with Crippen LogP contribution in [-0.2, 0) is 4.79 Å². The second-order valence-electron chi connectivity index (χ2n) is 10.7. The van der Waals surface area contributed by atoms with Crippen molar-refractivity contribution in [2.45, 2.75) is 76.4 Å². The maximum absolute atomic E-state index is 14.8. The summed E-state index contributed by atoms with van der Waals surface area (Å²) in [7, 11) is 0. The molecule has 204 valence electrons. The number of anilines is 3. The van der Waals surface area contributed by atoms with Crippen molar-refractivity contribution in [2.24, 2.45) is 0 Å². The summed E-state index contributed by atoms with van der Waals surface area (Å²) in [6.07, 6.45) is 5.56. The number of carbonyl (C=O) groups is 2. The zero-order valence-corrected chi connectivity index (χ0v) is 21.7. The number of carbonyl (C=O) groups excluding carboxylic acids is 2. The molecule has 3 aliphatic rings. The predicted molar refractivity (Wildman–Crippen MR) is 141 cm³/mol. The van der Waals surface area contributed by atoms with Crippen LogP contribution >= 0.6 is 0 Å². The second kappa shape index (κ2) is 9.44. The van der Waals surface area contributed by atoms with Gasteiger partial charge < -0.3 is 15.5 Å². The molecule has 1 saturated carbocycles. The van der Waals surface area contributed by atoms with E-state index in [1.165, 1.54) is 13.1 Å². The Morgan fingerprint density at radius 2 is 1.92 bits per heavy atom. The van der Waals surface area contributed by atoms with Gasteiger partial charge in [0.05, 0.1) is 17.4 Å². The Hall–Kier alpha value is -3.80. The molecular formula is C27H29F2N7O3. The van der Waals surface area contributed by atoms with E-state index in [1.807, 2.05) is 0 Å². The summed E-state index contributed by atoms with van der Waals surface area (Å²) in [6.45, 7) is 3.43. The summed E-state index contributed by atoms with van der Waals surface area (Å²) >= 11 is 0. The molecule has 2 aliphatic heterocycles. The third-order valence-electron chi connectivity index (χ3n) is 8.11. The van der Waals surface area contributed by atoms with E-state index >= 15 is 0 Å². The number of halogens is 2. The molecule has 12 heteroatoms. The summed E-state index contributed by atoms with van der Waals surface area (Å²) in [4.78, 5) is 53.3. The minimum absolute atomic E-state index is 0.0425.